The Morgan fingerprint density at radius 1 is 1.29 bits per heavy atom. The van der Waals surface area contributed by atoms with E-state index < -0.39 is 0 Å². The van der Waals surface area contributed by atoms with Gasteiger partial charge in [0.2, 0.25) is 0 Å². The Bertz CT molecular complexity index is 570. The maximum Gasteiger partial charge on any atom is 0.148 e. The summed E-state index contributed by atoms with van der Waals surface area (Å²) in [5.41, 5.74) is 2.63. The molecule has 1 aromatic carbocycles. The van der Waals surface area contributed by atoms with Crippen molar-refractivity contribution in [2.45, 2.75) is 6.92 Å². The van der Waals surface area contributed by atoms with E-state index in [9.17, 15) is 0 Å². The lowest BCUT2D eigenvalue weighted by atomic mass is 10.2. The van der Waals surface area contributed by atoms with Gasteiger partial charge in [0.15, 0.2) is 0 Å². The van der Waals surface area contributed by atoms with Crippen LogP contribution >= 0.6 is 15.9 Å². The minimum atomic E-state index is 0.514. The third kappa shape index (κ3) is 2.83. The van der Waals surface area contributed by atoms with Gasteiger partial charge in [0, 0.05) is 16.4 Å². The normalized spacial score (nSPS) is 9.71. The summed E-state index contributed by atoms with van der Waals surface area (Å²) < 4.78 is 0.795. The van der Waals surface area contributed by atoms with E-state index in [2.05, 4.69) is 32.3 Å². The van der Waals surface area contributed by atoms with Gasteiger partial charge in [-0.25, -0.2) is 4.98 Å². The molecule has 4 heteroatoms. The van der Waals surface area contributed by atoms with Crippen molar-refractivity contribution in [2.75, 3.05) is 5.32 Å². The van der Waals surface area contributed by atoms with Crippen LogP contribution in [-0.2, 0) is 0 Å². The largest absolute Gasteiger partial charge is 0.339 e. The molecule has 17 heavy (non-hydrogen) atoms. The fraction of sp³-hybridized carbons (Fsp3) is 0.0769. The first-order valence-electron chi connectivity index (χ1n) is 5.08. The Morgan fingerprint density at radius 2 is 2.00 bits per heavy atom. The molecule has 0 aliphatic heterocycles. The van der Waals surface area contributed by atoms with E-state index in [1.54, 1.807) is 12.3 Å². The van der Waals surface area contributed by atoms with Crippen molar-refractivity contribution in [3.05, 3.63) is 52.1 Å². The van der Waals surface area contributed by atoms with Gasteiger partial charge in [0.05, 0.1) is 5.56 Å². The minimum absolute atomic E-state index is 0.514. The van der Waals surface area contributed by atoms with E-state index in [0.717, 1.165) is 10.2 Å². The molecule has 0 saturated carbocycles. The number of aromatic nitrogens is 1. The van der Waals surface area contributed by atoms with E-state index in [0.29, 0.717) is 11.4 Å². The van der Waals surface area contributed by atoms with Crippen LogP contribution in [0.25, 0.3) is 0 Å². The third-order valence-electron chi connectivity index (χ3n) is 2.29. The van der Waals surface area contributed by atoms with Crippen LogP contribution in [0.3, 0.4) is 0 Å². The van der Waals surface area contributed by atoms with Gasteiger partial charge < -0.3 is 5.32 Å². The number of nitrogens with zero attached hydrogens (tertiary/aromatic N) is 2. The Kier molecular flexibility index (Phi) is 3.40. The highest BCUT2D eigenvalue weighted by molar-refractivity contribution is 9.10. The molecule has 0 aliphatic carbocycles. The molecule has 0 fully saturated rings. The van der Waals surface area contributed by atoms with E-state index >= 15 is 0 Å². The van der Waals surface area contributed by atoms with Gasteiger partial charge in [-0.3, -0.25) is 0 Å². The van der Waals surface area contributed by atoms with E-state index in [4.69, 9.17) is 5.26 Å². The molecule has 0 aliphatic rings. The fourth-order valence-corrected chi connectivity index (χ4v) is 1.73. The van der Waals surface area contributed by atoms with Crippen LogP contribution < -0.4 is 5.32 Å². The highest BCUT2D eigenvalue weighted by Gasteiger charge is 2.04. The number of hydrogen-bond acceptors (Lipinski definition) is 3. The summed E-state index contributed by atoms with van der Waals surface area (Å²) in [6, 6.07) is 11.8. The topological polar surface area (TPSA) is 48.7 Å². The van der Waals surface area contributed by atoms with Crippen molar-refractivity contribution < 1.29 is 0 Å². The Balaban J connectivity index is 2.30. The van der Waals surface area contributed by atoms with E-state index in [-0.39, 0.29) is 0 Å². The molecule has 0 saturated heterocycles. The van der Waals surface area contributed by atoms with Crippen LogP contribution in [0.4, 0.5) is 11.5 Å². The molecule has 1 heterocycles. The quantitative estimate of drug-likeness (QED) is 0.915. The number of halogens is 1. The first-order valence-corrected chi connectivity index (χ1v) is 5.87. The number of rotatable bonds is 2. The highest BCUT2D eigenvalue weighted by Crippen LogP contribution is 2.21. The number of hydrogen-bond donors (Lipinski definition) is 1. The molecule has 2 aromatic rings. The molecule has 1 aromatic heterocycles. The second-order valence-corrected chi connectivity index (χ2v) is 4.57. The molecule has 0 atom stereocenters. The standard InChI is InChI=1S/C13H10BrN3/c1-9-2-4-12(5-3-9)17-13-10(7-15)6-11(14)8-16-13/h2-6,8H,1H3,(H,16,17). The zero-order valence-electron chi connectivity index (χ0n) is 9.24. The van der Waals surface area contributed by atoms with Crippen molar-refractivity contribution in [2.24, 2.45) is 0 Å². The van der Waals surface area contributed by atoms with Gasteiger partial charge in [-0.2, -0.15) is 5.26 Å². The number of benzene rings is 1. The van der Waals surface area contributed by atoms with Crippen LogP contribution in [0, 0.1) is 18.3 Å². The predicted molar refractivity (Wildman–Crippen MR) is 71.1 cm³/mol. The third-order valence-corrected chi connectivity index (χ3v) is 2.72. The summed E-state index contributed by atoms with van der Waals surface area (Å²) in [5.74, 6) is 0.569. The van der Waals surface area contributed by atoms with Crippen LogP contribution in [0.5, 0.6) is 0 Å². The Morgan fingerprint density at radius 3 is 2.65 bits per heavy atom. The maximum atomic E-state index is 9.01. The lowest BCUT2D eigenvalue weighted by molar-refractivity contribution is 1.27. The molecule has 0 radical (unpaired) electrons. The van der Waals surface area contributed by atoms with Crippen molar-refractivity contribution in [3.8, 4) is 6.07 Å². The predicted octanol–water partition coefficient (Wildman–Crippen LogP) is 3.77. The minimum Gasteiger partial charge on any atom is -0.339 e. The second-order valence-electron chi connectivity index (χ2n) is 3.65. The van der Waals surface area contributed by atoms with Crippen molar-refractivity contribution in [1.29, 1.82) is 5.26 Å². The zero-order chi connectivity index (χ0) is 12.3. The Hall–Kier alpha value is -1.86. The number of aryl methyl sites for hydroxylation is 1. The SMILES string of the molecule is Cc1ccc(Nc2ncc(Br)cc2C#N)cc1. The van der Waals surface area contributed by atoms with E-state index in [1.165, 1.54) is 5.56 Å². The first-order chi connectivity index (χ1) is 8.19. The smallest absolute Gasteiger partial charge is 0.148 e. The lowest BCUT2D eigenvalue weighted by Crippen LogP contribution is -1.96. The molecule has 2 rings (SSSR count). The van der Waals surface area contributed by atoms with Gasteiger partial charge in [-0.15, -0.1) is 0 Å². The lowest BCUT2D eigenvalue weighted by Gasteiger charge is -2.07. The number of nitriles is 1. The van der Waals surface area contributed by atoms with Gasteiger partial charge in [0.25, 0.3) is 0 Å². The van der Waals surface area contributed by atoms with Crippen LogP contribution in [0.1, 0.15) is 11.1 Å². The van der Waals surface area contributed by atoms with Crippen molar-refractivity contribution >= 4 is 27.4 Å². The molecule has 0 bridgehead atoms. The molecule has 0 unspecified atom stereocenters. The van der Waals surface area contributed by atoms with Gasteiger partial charge >= 0.3 is 0 Å². The summed E-state index contributed by atoms with van der Waals surface area (Å²) in [7, 11) is 0. The second kappa shape index (κ2) is 4.98. The molecular weight excluding hydrogens is 278 g/mol. The number of anilines is 2. The molecule has 84 valence electrons. The number of nitrogens with one attached hydrogen (secondary N) is 1. The van der Waals surface area contributed by atoms with Crippen molar-refractivity contribution in [1.82, 2.24) is 4.98 Å². The Labute approximate surface area is 108 Å². The molecule has 0 spiro atoms. The number of pyridine rings is 1. The summed E-state index contributed by atoms with van der Waals surface area (Å²) in [5, 5.41) is 12.1. The van der Waals surface area contributed by atoms with Gasteiger partial charge in [-0.1, -0.05) is 17.7 Å². The van der Waals surface area contributed by atoms with Crippen LogP contribution in [0.15, 0.2) is 41.0 Å². The molecule has 3 nitrogen and oxygen atoms in total. The maximum absolute atomic E-state index is 9.01. The molecule has 1 N–H and O–H groups in total. The van der Waals surface area contributed by atoms with Gasteiger partial charge in [-0.05, 0) is 41.1 Å². The highest BCUT2D eigenvalue weighted by atomic mass is 79.9. The van der Waals surface area contributed by atoms with Crippen molar-refractivity contribution in [3.63, 3.8) is 0 Å². The van der Waals surface area contributed by atoms with Crippen LogP contribution in [0.2, 0.25) is 0 Å². The summed E-state index contributed by atoms with van der Waals surface area (Å²) in [6.45, 7) is 2.03. The molecule has 0 amide bonds. The summed E-state index contributed by atoms with van der Waals surface area (Å²) >= 11 is 3.29. The fourth-order valence-electron chi connectivity index (χ4n) is 1.40. The monoisotopic (exact) mass is 287 g/mol. The average Bonchev–Trinajstić information content (AvgIpc) is 2.34. The van der Waals surface area contributed by atoms with Crippen LogP contribution in [-0.4, -0.2) is 4.98 Å². The zero-order valence-corrected chi connectivity index (χ0v) is 10.8. The summed E-state index contributed by atoms with van der Waals surface area (Å²) in [6.07, 6.45) is 1.66. The average molecular weight is 288 g/mol. The first kappa shape index (κ1) is 11.6. The summed E-state index contributed by atoms with van der Waals surface area (Å²) in [4.78, 5) is 4.19. The molecular formula is C13H10BrN3. The van der Waals surface area contributed by atoms with Gasteiger partial charge in [0.1, 0.15) is 11.9 Å². The van der Waals surface area contributed by atoms with E-state index in [1.807, 2.05) is 31.2 Å².